The van der Waals surface area contributed by atoms with Gasteiger partial charge in [-0.3, -0.25) is 14.4 Å². The average molecular weight is 909 g/mol. The lowest BCUT2D eigenvalue weighted by molar-refractivity contribution is -0.167. The first-order valence-electron chi connectivity index (χ1n) is 27.8. The summed E-state index contributed by atoms with van der Waals surface area (Å²) in [6.07, 6.45) is 66.3. The van der Waals surface area contributed by atoms with Crippen molar-refractivity contribution >= 4 is 17.9 Å². The van der Waals surface area contributed by atoms with Crippen molar-refractivity contribution in [3.8, 4) is 0 Å². The number of hydrogen-bond acceptors (Lipinski definition) is 6. The number of allylic oxidation sites excluding steroid dienone is 10. The number of carbonyl (C=O) groups is 3. The highest BCUT2D eigenvalue weighted by atomic mass is 16.6. The highest BCUT2D eigenvalue weighted by molar-refractivity contribution is 5.71. The molecule has 0 aromatic heterocycles. The monoisotopic (exact) mass is 909 g/mol. The largest absolute Gasteiger partial charge is 0.462 e. The van der Waals surface area contributed by atoms with Crippen LogP contribution in [0.15, 0.2) is 60.8 Å². The summed E-state index contributed by atoms with van der Waals surface area (Å²) in [5, 5.41) is 0. The van der Waals surface area contributed by atoms with Gasteiger partial charge in [-0.05, 0) is 109 Å². The molecule has 0 N–H and O–H groups in total. The lowest BCUT2D eigenvalue weighted by Gasteiger charge is -2.18. The van der Waals surface area contributed by atoms with E-state index < -0.39 is 6.10 Å². The van der Waals surface area contributed by atoms with Gasteiger partial charge in [0.2, 0.25) is 0 Å². The molecule has 6 heteroatoms. The molecule has 0 rings (SSSR count). The van der Waals surface area contributed by atoms with E-state index in [1.165, 1.54) is 141 Å². The number of unbranched alkanes of at least 4 members (excludes halogenated alkanes) is 29. The van der Waals surface area contributed by atoms with E-state index in [1.807, 2.05) is 0 Å². The van der Waals surface area contributed by atoms with Gasteiger partial charge in [-0.1, -0.05) is 210 Å². The first-order chi connectivity index (χ1) is 32.0. The normalized spacial score (nSPS) is 12.5. The van der Waals surface area contributed by atoms with Crippen molar-refractivity contribution in [1.29, 1.82) is 0 Å². The molecular formula is C59H104O6. The van der Waals surface area contributed by atoms with E-state index in [0.29, 0.717) is 19.3 Å². The minimum atomic E-state index is -0.786. The Morgan fingerprint density at radius 1 is 0.308 bits per heavy atom. The highest BCUT2D eigenvalue weighted by Gasteiger charge is 2.19. The van der Waals surface area contributed by atoms with Crippen molar-refractivity contribution in [2.45, 2.75) is 284 Å². The molecule has 0 spiro atoms. The third-order valence-electron chi connectivity index (χ3n) is 12.0. The maximum Gasteiger partial charge on any atom is 0.306 e. The Morgan fingerprint density at radius 3 is 0.908 bits per heavy atom. The summed E-state index contributed by atoms with van der Waals surface area (Å²) in [5.41, 5.74) is 0. The summed E-state index contributed by atoms with van der Waals surface area (Å²) >= 11 is 0. The Morgan fingerprint density at radius 2 is 0.554 bits per heavy atom. The summed E-state index contributed by atoms with van der Waals surface area (Å²) in [6, 6.07) is 0. The molecule has 0 aliphatic heterocycles. The van der Waals surface area contributed by atoms with Crippen molar-refractivity contribution in [2.75, 3.05) is 13.2 Å². The summed E-state index contributed by atoms with van der Waals surface area (Å²) in [7, 11) is 0. The van der Waals surface area contributed by atoms with Crippen LogP contribution in [0.4, 0.5) is 0 Å². The van der Waals surface area contributed by atoms with Crippen molar-refractivity contribution in [2.24, 2.45) is 0 Å². The molecule has 1 atom stereocenters. The Hall–Kier alpha value is -2.89. The second-order valence-corrected chi connectivity index (χ2v) is 18.5. The summed E-state index contributed by atoms with van der Waals surface area (Å²) < 4.78 is 16.8. The number of esters is 3. The van der Waals surface area contributed by atoms with Crippen LogP contribution in [0.25, 0.3) is 0 Å². The minimum Gasteiger partial charge on any atom is -0.462 e. The molecule has 0 saturated heterocycles. The average Bonchev–Trinajstić information content (AvgIpc) is 3.30. The Bertz CT molecular complexity index is 1180. The molecule has 0 fully saturated rings. The summed E-state index contributed by atoms with van der Waals surface area (Å²) in [5.74, 6) is -0.908. The predicted molar refractivity (Wildman–Crippen MR) is 279 cm³/mol. The summed E-state index contributed by atoms with van der Waals surface area (Å²) in [4.78, 5) is 38.1. The van der Waals surface area contributed by atoms with Crippen LogP contribution in [-0.4, -0.2) is 37.2 Å². The smallest absolute Gasteiger partial charge is 0.306 e. The third kappa shape index (κ3) is 51.9. The molecule has 6 nitrogen and oxygen atoms in total. The van der Waals surface area contributed by atoms with Gasteiger partial charge in [-0.2, -0.15) is 0 Å². The van der Waals surface area contributed by atoms with Gasteiger partial charge in [0.25, 0.3) is 0 Å². The maximum atomic E-state index is 12.8. The fourth-order valence-electron chi connectivity index (χ4n) is 7.73. The van der Waals surface area contributed by atoms with Crippen LogP contribution in [0.1, 0.15) is 278 Å². The van der Waals surface area contributed by atoms with E-state index in [-0.39, 0.29) is 31.1 Å². The highest BCUT2D eigenvalue weighted by Crippen LogP contribution is 2.14. The van der Waals surface area contributed by atoms with Crippen LogP contribution in [0.2, 0.25) is 0 Å². The molecule has 0 aliphatic carbocycles. The standard InChI is InChI=1S/C59H104O6/c1-4-7-10-13-16-19-22-25-27-29-30-31-33-34-37-40-43-46-49-52-58(61)64-55-56(54-63-57(60)51-48-45-42-39-36-24-21-18-15-12-9-6-3)65-59(62)53-50-47-44-41-38-35-32-28-26-23-20-17-14-11-8-5-2/h16,18-19,21,25,27-28,30-32,56H,4-15,17,20,22-24,26,29,33-55H2,1-3H3/b19-16-,21-18-,27-25-,31-30-,32-28-. The van der Waals surface area contributed by atoms with E-state index in [1.54, 1.807) is 0 Å². The van der Waals surface area contributed by atoms with Gasteiger partial charge in [-0.15, -0.1) is 0 Å². The van der Waals surface area contributed by atoms with Crippen LogP contribution >= 0.6 is 0 Å². The molecule has 65 heavy (non-hydrogen) atoms. The molecule has 1 unspecified atom stereocenters. The van der Waals surface area contributed by atoms with E-state index in [2.05, 4.69) is 81.5 Å². The zero-order valence-electron chi connectivity index (χ0n) is 43.0. The molecule has 376 valence electrons. The topological polar surface area (TPSA) is 78.9 Å². The maximum absolute atomic E-state index is 12.8. The van der Waals surface area contributed by atoms with E-state index in [0.717, 1.165) is 96.3 Å². The number of ether oxygens (including phenoxy) is 3. The molecule has 0 radical (unpaired) electrons. The minimum absolute atomic E-state index is 0.0857. The van der Waals surface area contributed by atoms with Crippen LogP contribution in [0.3, 0.4) is 0 Å². The van der Waals surface area contributed by atoms with Crippen molar-refractivity contribution in [3.05, 3.63) is 60.8 Å². The first kappa shape index (κ1) is 62.1. The SMILES string of the molecule is CCCCC/C=C\C/C=C\C/C=C\CCCCCCCCC(=O)OCC(COC(=O)CCCCCCC/C=C\CCCCC)OC(=O)CCCCCCC/C=C\CCCCCCCCC. The van der Waals surface area contributed by atoms with Crippen LogP contribution in [0, 0.1) is 0 Å². The lowest BCUT2D eigenvalue weighted by Crippen LogP contribution is -2.30. The number of rotatable bonds is 50. The molecule has 0 amide bonds. The van der Waals surface area contributed by atoms with Crippen LogP contribution < -0.4 is 0 Å². The lowest BCUT2D eigenvalue weighted by atomic mass is 10.1. The first-order valence-corrected chi connectivity index (χ1v) is 27.8. The van der Waals surface area contributed by atoms with Gasteiger partial charge in [0.05, 0.1) is 0 Å². The molecular weight excluding hydrogens is 805 g/mol. The molecule has 0 aliphatic rings. The quantitative estimate of drug-likeness (QED) is 0.0262. The van der Waals surface area contributed by atoms with Crippen LogP contribution in [0.5, 0.6) is 0 Å². The van der Waals surface area contributed by atoms with Gasteiger partial charge in [0, 0.05) is 19.3 Å². The molecule has 0 aromatic carbocycles. The van der Waals surface area contributed by atoms with Gasteiger partial charge >= 0.3 is 17.9 Å². The summed E-state index contributed by atoms with van der Waals surface area (Å²) in [6.45, 7) is 6.57. The van der Waals surface area contributed by atoms with Gasteiger partial charge in [0.1, 0.15) is 13.2 Å². The fraction of sp³-hybridized carbons (Fsp3) is 0.780. The fourth-order valence-corrected chi connectivity index (χ4v) is 7.73. The molecule has 0 saturated carbocycles. The third-order valence-corrected chi connectivity index (χ3v) is 12.0. The zero-order valence-corrected chi connectivity index (χ0v) is 43.0. The van der Waals surface area contributed by atoms with Gasteiger partial charge < -0.3 is 14.2 Å². The van der Waals surface area contributed by atoms with Gasteiger partial charge in [-0.25, -0.2) is 0 Å². The second kappa shape index (κ2) is 53.7. The van der Waals surface area contributed by atoms with Crippen LogP contribution in [-0.2, 0) is 28.6 Å². The number of hydrogen-bond donors (Lipinski definition) is 0. The Kier molecular flexibility index (Phi) is 51.3. The molecule has 0 bridgehead atoms. The predicted octanol–water partition coefficient (Wildman–Crippen LogP) is 18.4. The van der Waals surface area contributed by atoms with E-state index in [9.17, 15) is 14.4 Å². The van der Waals surface area contributed by atoms with Gasteiger partial charge in [0.15, 0.2) is 6.10 Å². The second-order valence-electron chi connectivity index (χ2n) is 18.5. The van der Waals surface area contributed by atoms with Crippen molar-refractivity contribution in [3.63, 3.8) is 0 Å². The molecule has 0 aromatic rings. The van der Waals surface area contributed by atoms with Crippen molar-refractivity contribution < 1.29 is 28.6 Å². The van der Waals surface area contributed by atoms with E-state index >= 15 is 0 Å². The zero-order chi connectivity index (χ0) is 47.2. The molecule has 0 heterocycles. The number of carbonyl (C=O) groups excluding carboxylic acids is 3. The van der Waals surface area contributed by atoms with E-state index in [4.69, 9.17) is 14.2 Å². The Balaban J connectivity index is 4.39. The van der Waals surface area contributed by atoms with Crippen molar-refractivity contribution in [1.82, 2.24) is 0 Å². The Labute approximate surface area is 402 Å².